The Morgan fingerprint density at radius 2 is 1.84 bits per heavy atom. The number of methoxy groups -OCH3 is 1. The second-order valence-corrected chi connectivity index (χ2v) is 8.58. The third-order valence-corrected chi connectivity index (χ3v) is 6.31. The summed E-state index contributed by atoms with van der Waals surface area (Å²) in [6.07, 6.45) is 0. The van der Waals surface area contributed by atoms with Crippen LogP contribution in [0.5, 0.6) is 0 Å². The maximum Gasteiger partial charge on any atom is 0.348 e. The van der Waals surface area contributed by atoms with E-state index in [1.807, 2.05) is 24.3 Å². The summed E-state index contributed by atoms with van der Waals surface area (Å²) >= 11 is 6.25. The Morgan fingerprint density at radius 1 is 1.09 bits per heavy atom. The summed E-state index contributed by atoms with van der Waals surface area (Å²) in [6, 6.07) is 13.6. The molecule has 0 atom stereocenters. The highest BCUT2D eigenvalue weighted by Crippen LogP contribution is 2.35. The first-order chi connectivity index (χ1) is 15.5. The van der Waals surface area contributed by atoms with Crippen molar-refractivity contribution in [3.05, 3.63) is 58.0 Å². The lowest BCUT2D eigenvalue weighted by molar-refractivity contribution is 0.187. The number of ether oxygens (including phenoxy) is 1. The lowest BCUT2D eigenvalue weighted by Crippen LogP contribution is -2.44. The van der Waals surface area contributed by atoms with E-state index in [9.17, 15) is 4.79 Å². The number of hydrogen-bond donors (Lipinski definition) is 0. The Kier molecular flexibility index (Phi) is 5.63. The average Bonchev–Trinajstić information content (AvgIpc) is 3.17. The number of nitrogens with zero attached hydrogens (tertiary/aromatic N) is 4. The van der Waals surface area contributed by atoms with E-state index < -0.39 is 0 Å². The molecule has 0 aliphatic carbocycles. The number of furan rings is 1. The summed E-state index contributed by atoms with van der Waals surface area (Å²) in [5.41, 5.74) is 4.14. The smallest absolute Gasteiger partial charge is 0.348 e. The van der Waals surface area contributed by atoms with E-state index in [4.69, 9.17) is 20.8 Å². The highest BCUT2D eigenvalue weighted by atomic mass is 35.5. The fourth-order valence-electron chi connectivity index (χ4n) is 4.27. The van der Waals surface area contributed by atoms with Crippen molar-refractivity contribution < 1.29 is 9.15 Å². The summed E-state index contributed by atoms with van der Waals surface area (Å²) in [7, 11) is 3.75. The Balaban J connectivity index is 1.63. The molecule has 2 aromatic carbocycles. The number of rotatable bonds is 5. The van der Waals surface area contributed by atoms with E-state index in [1.165, 1.54) is 5.69 Å². The van der Waals surface area contributed by atoms with E-state index in [-0.39, 0.29) is 5.69 Å². The Labute approximate surface area is 190 Å². The number of piperazine rings is 1. The third kappa shape index (κ3) is 3.77. The lowest BCUT2D eigenvalue weighted by atomic mass is 10.1. The zero-order valence-corrected chi connectivity index (χ0v) is 18.9. The molecule has 32 heavy (non-hydrogen) atoms. The number of likely N-dealkylation sites (N-methyl/N-ethyl adjacent to an activating group) is 1. The minimum absolute atomic E-state index is 0.338. The molecule has 0 spiro atoms. The van der Waals surface area contributed by atoms with Gasteiger partial charge >= 0.3 is 5.69 Å². The van der Waals surface area contributed by atoms with Gasteiger partial charge in [0.2, 0.25) is 0 Å². The van der Waals surface area contributed by atoms with Crippen molar-refractivity contribution >= 4 is 39.4 Å². The van der Waals surface area contributed by atoms with Crippen molar-refractivity contribution in [1.29, 1.82) is 0 Å². The fraction of sp³-hybridized carbons (Fsp3) is 0.333. The quantitative estimate of drug-likeness (QED) is 0.458. The third-order valence-electron chi connectivity index (χ3n) is 6.08. The normalized spacial score (nSPS) is 15.2. The number of fused-ring (bicyclic) bond motifs is 3. The predicted octanol–water partition coefficient (Wildman–Crippen LogP) is 3.86. The number of halogens is 1. The van der Waals surface area contributed by atoms with E-state index >= 15 is 0 Å². The Hall–Kier alpha value is -2.87. The van der Waals surface area contributed by atoms with Gasteiger partial charge in [0.25, 0.3) is 0 Å². The highest BCUT2D eigenvalue weighted by molar-refractivity contribution is 6.31. The van der Waals surface area contributed by atoms with Gasteiger partial charge < -0.3 is 19.0 Å². The molecule has 0 bridgehead atoms. The lowest BCUT2D eigenvalue weighted by Gasteiger charge is -2.34. The van der Waals surface area contributed by atoms with Crippen LogP contribution in [0.15, 0.2) is 51.7 Å². The molecule has 1 aliphatic rings. The van der Waals surface area contributed by atoms with Gasteiger partial charge in [-0.25, -0.2) is 4.79 Å². The molecule has 0 N–H and O–H groups in total. The number of anilines is 1. The molecule has 1 aliphatic heterocycles. The highest BCUT2D eigenvalue weighted by Gasteiger charge is 2.20. The standard InChI is InChI=1S/C24H25ClN4O3/c1-27-9-11-28(12-10-27)18-6-3-16(4-7-18)21-23-22(29(13-14-31-2)24(30)26-21)19-15-17(25)5-8-20(19)32-23/h3-8,15H,9-14H2,1-2H3. The minimum Gasteiger partial charge on any atom is -0.452 e. The van der Waals surface area contributed by atoms with Gasteiger partial charge in [0.05, 0.1) is 13.2 Å². The molecule has 4 aromatic rings. The van der Waals surface area contributed by atoms with Crippen molar-refractivity contribution in [3.63, 3.8) is 0 Å². The van der Waals surface area contributed by atoms with Crippen molar-refractivity contribution in [1.82, 2.24) is 14.5 Å². The zero-order chi connectivity index (χ0) is 22.2. The summed E-state index contributed by atoms with van der Waals surface area (Å²) < 4.78 is 13.0. The first kappa shape index (κ1) is 21.0. The van der Waals surface area contributed by atoms with Crippen molar-refractivity contribution in [3.8, 4) is 11.3 Å². The molecule has 166 valence electrons. The molecule has 0 radical (unpaired) electrons. The van der Waals surface area contributed by atoms with Crippen LogP contribution >= 0.6 is 11.6 Å². The van der Waals surface area contributed by atoms with Crippen molar-refractivity contribution in [2.45, 2.75) is 6.54 Å². The van der Waals surface area contributed by atoms with Gasteiger partial charge in [-0.1, -0.05) is 23.7 Å². The molecular weight excluding hydrogens is 428 g/mol. The van der Waals surface area contributed by atoms with Crippen LogP contribution in [0.4, 0.5) is 5.69 Å². The van der Waals surface area contributed by atoms with Crippen LogP contribution in [-0.2, 0) is 11.3 Å². The first-order valence-electron chi connectivity index (χ1n) is 10.7. The molecule has 1 saturated heterocycles. The zero-order valence-electron chi connectivity index (χ0n) is 18.2. The molecule has 0 saturated carbocycles. The predicted molar refractivity (Wildman–Crippen MR) is 128 cm³/mol. The summed E-state index contributed by atoms with van der Waals surface area (Å²) in [5.74, 6) is 0. The number of aromatic nitrogens is 2. The van der Waals surface area contributed by atoms with Crippen LogP contribution in [0.3, 0.4) is 0 Å². The van der Waals surface area contributed by atoms with Gasteiger partial charge in [-0.05, 0) is 37.4 Å². The molecular formula is C24H25ClN4O3. The summed E-state index contributed by atoms with van der Waals surface area (Å²) in [6.45, 7) is 4.86. The van der Waals surface area contributed by atoms with Gasteiger partial charge in [-0.3, -0.25) is 4.57 Å². The first-order valence-corrected chi connectivity index (χ1v) is 11.1. The number of benzene rings is 2. The number of hydrogen-bond acceptors (Lipinski definition) is 6. The van der Waals surface area contributed by atoms with Crippen molar-refractivity contribution in [2.24, 2.45) is 0 Å². The van der Waals surface area contributed by atoms with Crippen LogP contribution in [0, 0.1) is 0 Å². The Bertz CT molecular complexity index is 1320. The average molecular weight is 453 g/mol. The summed E-state index contributed by atoms with van der Waals surface area (Å²) in [4.78, 5) is 22.1. The van der Waals surface area contributed by atoms with E-state index in [2.05, 4.69) is 34.0 Å². The fourth-order valence-corrected chi connectivity index (χ4v) is 4.44. The van der Waals surface area contributed by atoms with Crippen LogP contribution < -0.4 is 10.6 Å². The molecule has 2 aromatic heterocycles. The topological polar surface area (TPSA) is 63.7 Å². The maximum absolute atomic E-state index is 13.0. The largest absolute Gasteiger partial charge is 0.452 e. The Morgan fingerprint density at radius 3 is 2.56 bits per heavy atom. The van der Waals surface area contributed by atoms with Gasteiger partial charge in [0.1, 0.15) is 16.8 Å². The molecule has 3 heterocycles. The van der Waals surface area contributed by atoms with E-state index in [0.717, 1.165) is 37.1 Å². The van der Waals surface area contributed by atoms with Crippen LogP contribution in [-0.4, -0.2) is 61.4 Å². The van der Waals surface area contributed by atoms with Crippen molar-refractivity contribution in [2.75, 3.05) is 51.8 Å². The van der Waals surface area contributed by atoms with Gasteiger partial charge in [-0.2, -0.15) is 4.98 Å². The molecule has 7 nitrogen and oxygen atoms in total. The maximum atomic E-state index is 13.0. The van der Waals surface area contributed by atoms with Crippen LogP contribution in [0.1, 0.15) is 0 Å². The van der Waals surface area contributed by atoms with E-state index in [1.54, 1.807) is 17.7 Å². The monoisotopic (exact) mass is 452 g/mol. The van der Waals surface area contributed by atoms with E-state index in [0.29, 0.717) is 40.6 Å². The molecule has 8 heteroatoms. The molecule has 5 rings (SSSR count). The van der Waals surface area contributed by atoms with Crippen LogP contribution in [0.2, 0.25) is 5.02 Å². The van der Waals surface area contributed by atoms with Crippen LogP contribution in [0.25, 0.3) is 33.3 Å². The van der Waals surface area contributed by atoms with Gasteiger partial charge in [0.15, 0.2) is 5.58 Å². The van der Waals surface area contributed by atoms with Gasteiger partial charge in [-0.15, -0.1) is 0 Å². The second-order valence-electron chi connectivity index (χ2n) is 8.14. The minimum atomic E-state index is -0.338. The summed E-state index contributed by atoms with van der Waals surface area (Å²) in [5, 5.41) is 1.37. The molecule has 1 fully saturated rings. The SMILES string of the molecule is COCCn1c(=O)nc(-c2ccc(N3CCN(C)CC3)cc2)c2oc3ccc(Cl)cc3c21. The molecule has 0 amide bonds. The second kappa shape index (κ2) is 8.58. The molecule has 0 unspecified atom stereocenters. The van der Waals surface area contributed by atoms with Gasteiger partial charge in [0, 0.05) is 54.9 Å².